The molecule has 0 amide bonds. The maximum absolute atomic E-state index is 12.4. The zero-order valence-corrected chi connectivity index (χ0v) is 68.2. The Labute approximate surface area is 695 Å². The van der Waals surface area contributed by atoms with E-state index in [0.29, 0.717) is 24.3 Å². The van der Waals surface area contributed by atoms with Crippen LogP contribution in [0.2, 0.25) is 0 Å². The molecule has 22 nitrogen and oxygen atoms in total. The summed E-state index contributed by atoms with van der Waals surface area (Å²) >= 11 is 0. The summed E-state index contributed by atoms with van der Waals surface area (Å²) < 4.78 is 185. The minimum absolute atomic E-state index is 0. The molecule has 13 rings (SSSR count). The lowest BCUT2D eigenvalue weighted by molar-refractivity contribution is 0.103. The van der Waals surface area contributed by atoms with Crippen molar-refractivity contribution in [3.63, 3.8) is 0 Å². The van der Waals surface area contributed by atoms with Crippen LogP contribution in [-0.2, 0) is 72.3 Å². The lowest BCUT2D eigenvalue weighted by Gasteiger charge is -2.26. The summed E-state index contributed by atoms with van der Waals surface area (Å²) in [7, 11) is -24.6. The number of ketones is 1. The standard InChI is InChI=1S/C68H50.C15H14O4S.3CH4O3S.3CH4.3O3S/c1-47-33-37-51(38-34-47)61-45-59(49-21-9-3-10-22-49)65(67(55-29-17-7-18-30-55)63(61)53-25-13-5-14-26-53)57-41-43-58(44-42-57)66-60(50-23-11-4-12-24-50)46-62(52-39-35-48(2)36-40-52)64(54-27-15-6-16-28-54)68(66)56-31-19-8-20-32-56;1-10-6-7-11(2)14(8-10)15(16)12-4-3-5-13(9-12)20(17,18)19;3*1-5(2,3)4;;;;3*1-4(2)3/h3-46H,1-2H3;3-9H,1-2H3,(H,17,18,19);3*1H3,(H,2,3,4);3*1H4;;;. The van der Waals surface area contributed by atoms with Crippen LogP contribution in [0.25, 0.3) is 111 Å². The van der Waals surface area contributed by atoms with Crippen LogP contribution in [0.3, 0.4) is 0 Å². The fraction of sp³-hybridized carbons (Fsp3) is 0.112. The van der Waals surface area contributed by atoms with Gasteiger partial charge in [-0.2, -0.15) is 33.7 Å². The number of benzene rings is 13. The van der Waals surface area contributed by atoms with E-state index in [4.69, 9.17) is 56.1 Å². The quantitative estimate of drug-likeness (QED) is 0.0615. The van der Waals surface area contributed by atoms with E-state index in [1.165, 1.54) is 136 Å². The molecule has 13 aromatic rings. The lowest BCUT2D eigenvalue weighted by Crippen LogP contribution is -2.06. The molecule has 0 fully saturated rings. The molecule has 118 heavy (non-hydrogen) atoms. The molecule has 0 aliphatic heterocycles. The first-order chi connectivity index (χ1) is 54.1. The fourth-order valence-electron chi connectivity index (χ4n) is 11.9. The molecule has 29 heteroatoms. The Kier molecular flexibility index (Phi) is 39.7. The van der Waals surface area contributed by atoms with E-state index < -0.39 is 72.3 Å². The molecule has 618 valence electrons. The van der Waals surface area contributed by atoms with Gasteiger partial charge in [0.15, 0.2) is 5.78 Å². The van der Waals surface area contributed by atoms with Gasteiger partial charge in [0.2, 0.25) is 0 Å². The highest BCUT2D eigenvalue weighted by molar-refractivity contribution is 7.86. The highest BCUT2D eigenvalue weighted by atomic mass is 32.2. The molecular formula is C89H88O22S7. The predicted molar refractivity (Wildman–Crippen MR) is 468 cm³/mol. The number of aryl methyl sites for hydroxylation is 4. The number of hydrogen-bond donors (Lipinski definition) is 4. The van der Waals surface area contributed by atoms with Crippen molar-refractivity contribution >= 4 is 78.1 Å². The molecule has 0 bridgehead atoms. The molecule has 0 saturated heterocycles. The molecule has 0 unspecified atom stereocenters. The molecule has 0 atom stereocenters. The van der Waals surface area contributed by atoms with Crippen LogP contribution >= 0.6 is 0 Å². The minimum Gasteiger partial charge on any atom is -0.289 e. The summed E-state index contributed by atoms with van der Waals surface area (Å²) in [5, 5.41) is 0. The van der Waals surface area contributed by atoms with Crippen molar-refractivity contribution in [2.75, 3.05) is 18.8 Å². The molecule has 0 spiro atoms. The third-order valence-corrected chi connectivity index (χ3v) is 17.1. The second-order valence-electron chi connectivity index (χ2n) is 25.2. The van der Waals surface area contributed by atoms with E-state index in [-0.39, 0.29) is 38.5 Å². The van der Waals surface area contributed by atoms with Gasteiger partial charge in [-0.1, -0.05) is 318 Å². The topological polar surface area (TPSA) is 388 Å². The van der Waals surface area contributed by atoms with Crippen LogP contribution in [-0.4, -0.2) is 114 Å². The van der Waals surface area contributed by atoms with Crippen LogP contribution in [0.5, 0.6) is 0 Å². The summed E-state index contributed by atoms with van der Waals surface area (Å²) in [5.74, 6) is -0.267. The third-order valence-electron chi connectivity index (χ3n) is 16.3. The van der Waals surface area contributed by atoms with Crippen LogP contribution in [0, 0.1) is 27.7 Å². The zero-order valence-electron chi connectivity index (χ0n) is 62.4. The van der Waals surface area contributed by atoms with Gasteiger partial charge in [-0.25, -0.2) is 0 Å². The highest BCUT2D eigenvalue weighted by Crippen LogP contribution is 2.53. The van der Waals surface area contributed by atoms with Gasteiger partial charge in [0, 0.05) is 11.1 Å². The van der Waals surface area contributed by atoms with Gasteiger partial charge >= 0.3 is 31.8 Å². The van der Waals surface area contributed by atoms with Crippen molar-refractivity contribution in [2.45, 2.75) is 54.9 Å². The van der Waals surface area contributed by atoms with Gasteiger partial charge in [-0.3, -0.25) is 23.0 Å². The van der Waals surface area contributed by atoms with Crippen LogP contribution < -0.4 is 0 Å². The second kappa shape index (κ2) is 46.7. The summed E-state index contributed by atoms with van der Waals surface area (Å²) in [6.07, 6.45) is 2.15. The number of hydrogen-bond acceptors (Lipinski definition) is 18. The third kappa shape index (κ3) is 33.0. The molecule has 4 N–H and O–H groups in total. The average molecular weight is 1730 g/mol. The van der Waals surface area contributed by atoms with Crippen molar-refractivity contribution < 1.29 is 94.6 Å². The Morgan fingerprint density at radius 3 is 0.720 bits per heavy atom. The summed E-state index contributed by atoms with van der Waals surface area (Å²) in [5.41, 5.74) is 28.8. The smallest absolute Gasteiger partial charge is 0.289 e. The molecule has 0 heterocycles. The van der Waals surface area contributed by atoms with Crippen molar-refractivity contribution in [1.29, 1.82) is 0 Å². The lowest BCUT2D eigenvalue weighted by atomic mass is 9.77. The van der Waals surface area contributed by atoms with Gasteiger partial charge in [-0.15, -0.1) is 37.9 Å². The Hall–Kier alpha value is -12.0. The SMILES string of the molecule is C.C.C.CS(=O)(=O)O.CS(=O)(=O)O.CS(=O)(=O)O.Cc1ccc(-c2cc(-c3ccccc3)c(-c3ccc(-c4c(-c5ccccc5)cc(-c5ccc(C)cc5)c(-c5ccccc5)c4-c4ccccc4)cc3)c(-c3ccccc3)c2-c2ccccc2)cc1.Cc1ccc(C)c(C(=O)c2cccc(S(=O)(=O)O)c2)c1.O=S(=O)=O.O=S(=O)=O.O=S(=O)=O. The van der Waals surface area contributed by atoms with Gasteiger partial charge in [0.05, 0.1) is 23.7 Å². The molecule has 0 aliphatic carbocycles. The predicted octanol–water partition coefficient (Wildman–Crippen LogP) is 19.2. The summed E-state index contributed by atoms with van der Waals surface area (Å²) in [4.78, 5) is 12.1. The van der Waals surface area contributed by atoms with E-state index >= 15 is 0 Å². The Morgan fingerprint density at radius 1 is 0.254 bits per heavy atom. The van der Waals surface area contributed by atoms with Crippen LogP contribution in [0.1, 0.15) is 60.5 Å². The zero-order chi connectivity index (χ0) is 85.0. The van der Waals surface area contributed by atoms with E-state index in [1.54, 1.807) is 6.07 Å². The number of carbonyl (C=O) groups is 1. The maximum Gasteiger partial charge on any atom is 0.425 e. The molecular weight excluding hydrogens is 1650 g/mol. The van der Waals surface area contributed by atoms with E-state index in [9.17, 15) is 38.5 Å². The molecule has 0 aromatic heterocycles. The van der Waals surface area contributed by atoms with Gasteiger partial charge < -0.3 is 0 Å². The summed E-state index contributed by atoms with van der Waals surface area (Å²) in [6.45, 7) is 8.02. The highest BCUT2D eigenvalue weighted by Gasteiger charge is 2.27. The average Bonchev–Trinajstić information content (AvgIpc) is 0.736. The van der Waals surface area contributed by atoms with Crippen molar-refractivity contribution in [1.82, 2.24) is 0 Å². The van der Waals surface area contributed by atoms with Crippen molar-refractivity contribution in [2.24, 2.45) is 0 Å². The molecule has 0 saturated carbocycles. The minimum atomic E-state index is -4.31. The molecule has 13 aromatic carbocycles. The summed E-state index contributed by atoms with van der Waals surface area (Å²) in [6, 6.07) is 109. The fourth-order valence-corrected chi connectivity index (χ4v) is 12.4. The maximum atomic E-state index is 12.4. The number of carbonyl (C=O) groups excluding carboxylic acids is 1. The molecule has 0 radical (unpaired) electrons. The first-order valence-corrected chi connectivity index (χ1v) is 43.8. The van der Waals surface area contributed by atoms with E-state index in [1.807, 2.05) is 26.0 Å². The molecule has 0 aliphatic rings. The van der Waals surface area contributed by atoms with Gasteiger partial charge in [0.1, 0.15) is 0 Å². The van der Waals surface area contributed by atoms with Gasteiger partial charge in [0.25, 0.3) is 40.5 Å². The normalized spacial score (nSPS) is 10.4. The van der Waals surface area contributed by atoms with E-state index in [2.05, 4.69) is 281 Å². The Bertz CT molecular complexity index is 5960. The van der Waals surface area contributed by atoms with Crippen LogP contribution in [0.15, 0.2) is 314 Å². The second-order valence-corrected chi connectivity index (χ2v) is 32.2. The first kappa shape index (κ1) is 100. The monoisotopic (exact) mass is 1730 g/mol. The first-order valence-electron chi connectivity index (χ1n) is 33.8. The van der Waals surface area contributed by atoms with E-state index in [0.717, 1.165) is 22.3 Å². The van der Waals surface area contributed by atoms with Gasteiger partial charge in [-0.05, 0) is 175 Å². The Balaban J connectivity index is 0.000000588. The van der Waals surface area contributed by atoms with Crippen molar-refractivity contribution in [3.8, 4) is 111 Å². The van der Waals surface area contributed by atoms with Crippen LogP contribution in [0.4, 0.5) is 0 Å². The number of rotatable bonds is 13. The largest absolute Gasteiger partial charge is 0.425 e. The van der Waals surface area contributed by atoms with Crippen molar-refractivity contribution in [3.05, 3.63) is 343 Å². The Morgan fingerprint density at radius 2 is 0.466 bits per heavy atom.